The summed E-state index contributed by atoms with van der Waals surface area (Å²) in [6, 6.07) is 22.2. The number of nitrogens with one attached hydrogen (secondary N) is 1. The van der Waals surface area contributed by atoms with Crippen LogP contribution in [0.2, 0.25) is 0 Å². The minimum atomic E-state index is -0.923. The Labute approximate surface area is 295 Å². The zero-order valence-electron chi connectivity index (χ0n) is 29.3. The number of carbonyl (C=O) groups is 3. The number of benzene rings is 3. The molecule has 0 bridgehead atoms. The van der Waals surface area contributed by atoms with Crippen LogP contribution in [0.15, 0.2) is 85.2 Å². The Hall–Kier alpha value is -5.05. The first kappa shape index (κ1) is 36.2. The molecule has 1 atom stereocenters. The summed E-state index contributed by atoms with van der Waals surface area (Å²) in [5.41, 5.74) is 5.18. The first-order valence-corrected chi connectivity index (χ1v) is 17.8. The molecule has 50 heavy (non-hydrogen) atoms. The monoisotopic (exact) mass is 676 g/mol. The van der Waals surface area contributed by atoms with Gasteiger partial charge >= 0.3 is 5.97 Å². The molecule has 4 aromatic rings. The van der Waals surface area contributed by atoms with Crippen molar-refractivity contribution in [2.75, 3.05) is 19.7 Å². The van der Waals surface area contributed by atoms with Gasteiger partial charge in [-0.05, 0) is 59.7 Å². The van der Waals surface area contributed by atoms with Crippen molar-refractivity contribution >= 4 is 17.8 Å². The summed E-state index contributed by atoms with van der Waals surface area (Å²) in [6.07, 6.45) is 10.8. The number of likely N-dealkylation sites (tertiary alicyclic amines) is 1. The number of carbonyl (C=O) groups excluding carboxylic acids is 2. The van der Waals surface area contributed by atoms with Crippen molar-refractivity contribution in [2.45, 2.75) is 71.8 Å². The quantitative estimate of drug-likeness (QED) is 0.113. The molecule has 2 N–H and O–H groups in total. The second-order valence-corrected chi connectivity index (χ2v) is 13.6. The van der Waals surface area contributed by atoms with Crippen molar-refractivity contribution in [3.8, 4) is 28.3 Å². The summed E-state index contributed by atoms with van der Waals surface area (Å²) in [5, 5.41) is 12.2. The van der Waals surface area contributed by atoms with Crippen LogP contribution in [0.3, 0.4) is 0 Å². The minimum absolute atomic E-state index is 0.133. The highest BCUT2D eigenvalue weighted by atomic mass is 16.5. The molecule has 2 amide bonds. The summed E-state index contributed by atoms with van der Waals surface area (Å²) in [4.78, 5) is 48.8. The minimum Gasteiger partial charge on any atom is -0.494 e. The molecule has 3 aromatic carbocycles. The van der Waals surface area contributed by atoms with E-state index >= 15 is 0 Å². The van der Waals surface area contributed by atoms with Crippen LogP contribution in [-0.2, 0) is 22.4 Å². The highest BCUT2D eigenvalue weighted by Gasteiger charge is 2.38. The predicted octanol–water partition coefficient (Wildman–Crippen LogP) is 7.24. The largest absolute Gasteiger partial charge is 0.494 e. The van der Waals surface area contributed by atoms with E-state index in [0.29, 0.717) is 17.3 Å². The van der Waals surface area contributed by atoms with Crippen LogP contribution < -0.4 is 10.1 Å². The van der Waals surface area contributed by atoms with Crippen LogP contribution in [0.5, 0.6) is 5.75 Å². The Kier molecular flexibility index (Phi) is 12.7. The van der Waals surface area contributed by atoms with Gasteiger partial charge in [-0.2, -0.15) is 0 Å². The van der Waals surface area contributed by atoms with Crippen LogP contribution in [0.1, 0.15) is 74.4 Å². The van der Waals surface area contributed by atoms with Gasteiger partial charge in [0.05, 0.1) is 12.5 Å². The molecule has 0 aliphatic carbocycles. The van der Waals surface area contributed by atoms with Gasteiger partial charge in [0.25, 0.3) is 5.91 Å². The Bertz CT molecular complexity index is 1700. The third-order valence-corrected chi connectivity index (χ3v) is 9.01. The van der Waals surface area contributed by atoms with Crippen LogP contribution in [0.4, 0.5) is 0 Å². The molecule has 0 saturated carbocycles. The lowest BCUT2D eigenvalue weighted by Gasteiger charge is -2.39. The van der Waals surface area contributed by atoms with E-state index in [-0.39, 0.29) is 31.3 Å². The van der Waals surface area contributed by atoms with Gasteiger partial charge in [-0.25, -0.2) is 9.97 Å². The molecule has 9 nitrogen and oxygen atoms in total. The standard InChI is InChI=1S/C41H48N4O5/c1-4-5-6-7-8-21-50-36-19-17-31(18-20-36)34-24-42-38(43-25-34)32-13-9-30(10-14-32)23-37(40(47)45-26-35(27-45)41(48)49)44-39(46)33-15-11-29(12-16-33)22-28(2)3/h9-20,24-25,28,35,37H,4-8,21-23,26-27H2,1-3H3,(H,44,46)(H,48,49)/t37-/m0/s1. The van der Waals surface area contributed by atoms with E-state index in [2.05, 4.69) is 36.1 Å². The second-order valence-electron chi connectivity index (χ2n) is 13.6. The number of hydrogen-bond acceptors (Lipinski definition) is 6. The normalized spacial score (nSPS) is 13.5. The van der Waals surface area contributed by atoms with Gasteiger partial charge in [-0.3, -0.25) is 14.4 Å². The number of carboxylic acid groups (broad SMARTS) is 1. The number of ether oxygens (including phenoxy) is 1. The average molecular weight is 677 g/mol. The Morgan fingerprint density at radius 1 is 0.800 bits per heavy atom. The molecule has 1 aliphatic heterocycles. The first-order chi connectivity index (χ1) is 24.2. The fourth-order valence-electron chi connectivity index (χ4n) is 6.03. The van der Waals surface area contributed by atoms with E-state index in [0.717, 1.165) is 53.0 Å². The number of aliphatic carboxylic acids is 1. The Morgan fingerprint density at radius 2 is 1.40 bits per heavy atom. The van der Waals surface area contributed by atoms with Crippen molar-refractivity contribution in [1.29, 1.82) is 0 Å². The van der Waals surface area contributed by atoms with Gasteiger partial charge in [0.2, 0.25) is 5.91 Å². The topological polar surface area (TPSA) is 122 Å². The molecule has 9 heteroatoms. The third-order valence-electron chi connectivity index (χ3n) is 9.01. The molecule has 1 aliphatic rings. The van der Waals surface area contributed by atoms with Crippen molar-refractivity contribution < 1.29 is 24.2 Å². The molecular formula is C41H48N4O5. The zero-order valence-corrected chi connectivity index (χ0v) is 29.3. The lowest BCUT2D eigenvalue weighted by Crippen LogP contribution is -2.59. The van der Waals surface area contributed by atoms with Crippen molar-refractivity contribution in [1.82, 2.24) is 20.2 Å². The predicted molar refractivity (Wildman–Crippen MR) is 195 cm³/mol. The van der Waals surface area contributed by atoms with Gasteiger partial charge in [0.15, 0.2) is 5.82 Å². The van der Waals surface area contributed by atoms with E-state index < -0.39 is 17.9 Å². The van der Waals surface area contributed by atoms with Crippen molar-refractivity contribution in [3.05, 3.63) is 102 Å². The third kappa shape index (κ3) is 10.00. The number of unbranched alkanes of at least 4 members (excludes halogenated alkanes) is 4. The number of amides is 2. The summed E-state index contributed by atoms with van der Waals surface area (Å²) < 4.78 is 5.89. The van der Waals surface area contributed by atoms with Gasteiger partial charge in [-0.1, -0.05) is 95.0 Å². The van der Waals surface area contributed by atoms with Crippen LogP contribution >= 0.6 is 0 Å². The van der Waals surface area contributed by atoms with E-state index in [1.807, 2.05) is 60.7 Å². The van der Waals surface area contributed by atoms with E-state index in [1.165, 1.54) is 30.6 Å². The summed E-state index contributed by atoms with van der Waals surface area (Å²) in [6.45, 7) is 7.49. The molecule has 0 unspecified atom stereocenters. The van der Waals surface area contributed by atoms with Gasteiger partial charge < -0.3 is 20.1 Å². The average Bonchev–Trinajstić information content (AvgIpc) is 3.09. The lowest BCUT2D eigenvalue weighted by atomic mass is 9.96. The maximum absolute atomic E-state index is 13.5. The molecule has 2 heterocycles. The fourth-order valence-corrected chi connectivity index (χ4v) is 6.03. The number of carboxylic acids is 1. The molecule has 5 rings (SSSR count). The Morgan fingerprint density at radius 3 is 2.02 bits per heavy atom. The smallest absolute Gasteiger partial charge is 0.310 e. The molecule has 1 saturated heterocycles. The van der Waals surface area contributed by atoms with Crippen LogP contribution in [-0.4, -0.2) is 63.5 Å². The fraction of sp³-hybridized carbons (Fsp3) is 0.390. The SMILES string of the molecule is CCCCCCCOc1ccc(-c2cnc(-c3ccc(C[C@H](NC(=O)c4ccc(CC(C)C)cc4)C(=O)N4CC(C(=O)O)C4)cc3)nc2)cc1. The molecule has 1 fully saturated rings. The second kappa shape index (κ2) is 17.6. The maximum Gasteiger partial charge on any atom is 0.310 e. The molecule has 0 spiro atoms. The molecular weight excluding hydrogens is 628 g/mol. The number of nitrogens with zero attached hydrogens (tertiary/aromatic N) is 3. The zero-order chi connectivity index (χ0) is 35.5. The molecule has 262 valence electrons. The van der Waals surface area contributed by atoms with Gasteiger partial charge in [0, 0.05) is 48.6 Å². The van der Waals surface area contributed by atoms with E-state index in [9.17, 15) is 19.5 Å². The number of aromatic nitrogens is 2. The van der Waals surface area contributed by atoms with Gasteiger partial charge in [-0.15, -0.1) is 0 Å². The number of hydrogen-bond donors (Lipinski definition) is 2. The summed E-state index contributed by atoms with van der Waals surface area (Å²) in [7, 11) is 0. The van der Waals surface area contributed by atoms with E-state index in [4.69, 9.17) is 4.74 Å². The van der Waals surface area contributed by atoms with Crippen molar-refractivity contribution in [3.63, 3.8) is 0 Å². The maximum atomic E-state index is 13.5. The van der Waals surface area contributed by atoms with Crippen LogP contribution in [0.25, 0.3) is 22.5 Å². The number of rotatable bonds is 17. The Balaban J connectivity index is 1.21. The van der Waals surface area contributed by atoms with Crippen LogP contribution in [0, 0.1) is 11.8 Å². The van der Waals surface area contributed by atoms with E-state index in [1.54, 1.807) is 24.5 Å². The highest BCUT2D eigenvalue weighted by molar-refractivity contribution is 5.98. The van der Waals surface area contributed by atoms with Gasteiger partial charge in [0.1, 0.15) is 11.8 Å². The van der Waals surface area contributed by atoms with Crippen molar-refractivity contribution in [2.24, 2.45) is 11.8 Å². The molecule has 0 radical (unpaired) electrons. The lowest BCUT2D eigenvalue weighted by molar-refractivity contribution is -0.153. The summed E-state index contributed by atoms with van der Waals surface area (Å²) >= 11 is 0. The molecule has 1 aromatic heterocycles. The first-order valence-electron chi connectivity index (χ1n) is 17.8. The highest BCUT2D eigenvalue weighted by Crippen LogP contribution is 2.24. The summed E-state index contributed by atoms with van der Waals surface area (Å²) in [5.74, 6) is -0.220.